The van der Waals surface area contributed by atoms with Gasteiger partial charge < -0.3 is 9.84 Å². The Morgan fingerprint density at radius 2 is 1.94 bits per heavy atom. The van der Waals surface area contributed by atoms with Crippen LogP contribution in [-0.4, -0.2) is 24.3 Å². The lowest BCUT2D eigenvalue weighted by molar-refractivity contribution is -0.150. The minimum Gasteiger partial charge on any atom is -0.467 e. The highest BCUT2D eigenvalue weighted by atomic mass is 79.9. The summed E-state index contributed by atoms with van der Waals surface area (Å²) < 4.78 is 5.49. The van der Waals surface area contributed by atoms with Crippen molar-refractivity contribution in [3.8, 4) is 0 Å². The Morgan fingerprint density at radius 1 is 1.44 bits per heavy atom. The fourth-order valence-electron chi connectivity index (χ4n) is 1.68. The van der Waals surface area contributed by atoms with E-state index < -0.39 is 12.1 Å². The molecule has 1 unspecified atom stereocenters. The van der Waals surface area contributed by atoms with E-state index in [1.54, 1.807) is 0 Å². The van der Waals surface area contributed by atoms with E-state index in [0.29, 0.717) is 0 Å². The van der Waals surface area contributed by atoms with Crippen LogP contribution in [0.1, 0.15) is 16.7 Å². The Hall–Kier alpha value is -0.870. The molecule has 0 aromatic heterocycles. The second kappa shape index (κ2) is 5.46. The number of carbonyl (C=O) groups is 1. The number of hydrogen-bond donors (Lipinski definition) is 1. The van der Waals surface area contributed by atoms with E-state index >= 15 is 0 Å². The highest BCUT2D eigenvalue weighted by Gasteiger charge is 2.18. The van der Waals surface area contributed by atoms with Crippen LogP contribution < -0.4 is 0 Å². The molecule has 88 valence electrons. The van der Waals surface area contributed by atoms with Gasteiger partial charge in [0.05, 0.1) is 7.11 Å². The SMILES string of the molecule is COC(=O)C(O)Cc1c(C)cc(Br)cc1C. The summed E-state index contributed by atoms with van der Waals surface area (Å²) in [5.74, 6) is -0.596. The molecule has 1 N–H and O–H groups in total. The van der Waals surface area contributed by atoms with E-state index in [1.165, 1.54) is 7.11 Å². The minimum absolute atomic E-state index is 0.289. The Labute approximate surface area is 104 Å². The topological polar surface area (TPSA) is 46.5 Å². The molecular weight excluding hydrogens is 272 g/mol. The number of esters is 1. The first-order chi connectivity index (χ1) is 7.45. The molecule has 0 aliphatic carbocycles. The fraction of sp³-hybridized carbons (Fsp3) is 0.417. The Kier molecular flexibility index (Phi) is 4.50. The van der Waals surface area contributed by atoms with Gasteiger partial charge in [0, 0.05) is 10.9 Å². The van der Waals surface area contributed by atoms with Gasteiger partial charge in [0.25, 0.3) is 0 Å². The second-order valence-corrected chi connectivity index (χ2v) is 4.68. The Bertz CT molecular complexity index is 378. The smallest absolute Gasteiger partial charge is 0.335 e. The van der Waals surface area contributed by atoms with Crippen molar-refractivity contribution in [3.05, 3.63) is 33.3 Å². The first-order valence-electron chi connectivity index (χ1n) is 4.97. The lowest BCUT2D eigenvalue weighted by Crippen LogP contribution is -2.24. The molecular formula is C12H15BrO3. The molecule has 4 heteroatoms. The normalized spacial score (nSPS) is 12.3. The van der Waals surface area contributed by atoms with Crippen molar-refractivity contribution >= 4 is 21.9 Å². The van der Waals surface area contributed by atoms with Crippen molar-refractivity contribution in [2.24, 2.45) is 0 Å². The monoisotopic (exact) mass is 286 g/mol. The number of methoxy groups -OCH3 is 1. The van der Waals surface area contributed by atoms with Gasteiger partial charge in [-0.2, -0.15) is 0 Å². The summed E-state index contributed by atoms with van der Waals surface area (Å²) in [5.41, 5.74) is 3.09. The van der Waals surface area contributed by atoms with Gasteiger partial charge >= 0.3 is 5.97 Å². The zero-order valence-electron chi connectivity index (χ0n) is 9.58. The number of aryl methyl sites for hydroxylation is 2. The van der Waals surface area contributed by atoms with Crippen LogP contribution in [0.25, 0.3) is 0 Å². The Morgan fingerprint density at radius 3 is 2.38 bits per heavy atom. The van der Waals surface area contributed by atoms with E-state index in [-0.39, 0.29) is 6.42 Å². The van der Waals surface area contributed by atoms with E-state index in [1.807, 2.05) is 26.0 Å². The summed E-state index contributed by atoms with van der Waals surface area (Å²) in [6.07, 6.45) is -0.805. The third-order valence-corrected chi connectivity index (χ3v) is 2.99. The van der Waals surface area contributed by atoms with Crippen LogP contribution in [-0.2, 0) is 16.0 Å². The van der Waals surface area contributed by atoms with Crippen LogP contribution in [0.5, 0.6) is 0 Å². The molecule has 0 fully saturated rings. The molecule has 1 aromatic rings. The van der Waals surface area contributed by atoms with Crippen LogP contribution in [0.3, 0.4) is 0 Å². The van der Waals surface area contributed by atoms with Crippen molar-refractivity contribution in [1.29, 1.82) is 0 Å². The van der Waals surface area contributed by atoms with E-state index in [0.717, 1.165) is 21.2 Å². The van der Waals surface area contributed by atoms with Crippen molar-refractivity contribution in [1.82, 2.24) is 0 Å². The van der Waals surface area contributed by atoms with E-state index in [4.69, 9.17) is 0 Å². The van der Waals surface area contributed by atoms with Crippen LogP contribution in [0.2, 0.25) is 0 Å². The zero-order valence-corrected chi connectivity index (χ0v) is 11.2. The summed E-state index contributed by atoms with van der Waals surface area (Å²) in [7, 11) is 1.27. The molecule has 1 aromatic carbocycles. The molecule has 0 radical (unpaired) electrons. The van der Waals surface area contributed by atoms with Crippen molar-refractivity contribution in [2.75, 3.05) is 7.11 Å². The minimum atomic E-state index is -1.09. The molecule has 1 rings (SSSR count). The predicted octanol–water partition coefficient (Wildman–Crippen LogP) is 2.14. The fourth-order valence-corrected chi connectivity index (χ4v) is 2.36. The van der Waals surface area contributed by atoms with Crippen molar-refractivity contribution in [3.63, 3.8) is 0 Å². The quantitative estimate of drug-likeness (QED) is 0.866. The predicted molar refractivity (Wildman–Crippen MR) is 65.3 cm³/mol. The molecule has 0 spiro atoms. The maximum atomic E-state index is 11.1. The molecule has 0 saturated carbocycles. The van der Waals surface area contributed by atoms with Gasteiger partial charge in [-0.25, -0.2) is 4.79 Å². The summed E-state index contributed by atoms with van der Waals surface area (Å²) in [6, 6.07) is 3.93. The van der Waals surface area contributed by atoms with Gasteiger partial charge in [0.2, 0.25) is 0 Å². The lowest BCUT2D eigenvalue weighted by Gasteiger charge is -2.13. The van der Waals surface area contributed by atoms with Crippen molar-refractivity contribution in [2.45, 2.75) is 26.4 Å². The highest BCUT2D eigenvalue weighted by Crippen LogP contribution is 2.21. The number of carbonyl (C=O) groups excluding carboxylic acids is 1. The molecule has 0 heterocycles. The zero-order chi connectivity index (χ0) is 12.3. The second-order valence-electron chi connectivity index (χ2n) is 3.76. The number of benzene rings is 1. The first-order valence-corrected chi connectivity index (χ1v) is 5.76. The van der Waals surface area contributed by atoms with E-state index in [9.17, 15) is 9.90 Å². The third kappa shape index (κ3) is 3.06. The summed E-state index contributed by atoms with van der Waals surface area (Å²) >= 11 is 3.40. The molecule has 0 amide bonds. The number of aliphatic hydroxyl groups excluding tert-OH is 1. The van der Waals surface area contributed by atoms with Crippen LogP contribution in [0.15, 0.2) is 16.6 Å². The van der Waals surface area contributed by atoms with E-state index in [2.05, 4.69) is 20.7 Å². The number of aliphatic hydroxyl groups is 1. The van der Waals surface area contributed by atoms with Gasteiger partial charge in [-0.05, 0) is 42.7 Å². The molecule has 3 nitrogen and oxygen atoms in total. The maximum Gasteiger partial charge on any atom is 0.335 e. The van der Waals surface area contributed by atoms with Gasteiger partial charge in [-0.3, -0.25) is 0 Å². The van der Waals surface area contributed by atoms with Crippen LogP contribution >= 0.6 is 15.9 Å². The molecule has 0 aliphatic rings. The maximum absolute atomic E-state index is 11.1. The van der Waals surface area contributed by atoms with Gasteiger partial charge in [0.1, 0.15) is 0 Å². The molecule has 0 aliphatic heterocycles. The number of ether oxygens (including phenoxy) is 1. The van der Waals surface area contributed by atoms with Gasteiger partial charge in [-0.15, -0.1) is 0 Å². The molecule has 16 heavy (non-hydrogen) atoms. The molecule has 0 saturated heterocycles. The average molecular weight is 287 g/mol. The highest BCUT2D eigenvalue weighted by molar-refractivity contribution is 9.10. The lowest BCUT2D eigenvalue weighted by atomic mass is 9.97. The molecule has 1 atom stereocenters. The summed E-state index contributed by atoms with van der Waals surface area (Å²) in [5, 5.41) is 9.60. The van der Waals surface area contributed by atoms with Crippen LogP contribution in [0.4, 0.5) is 0 Å². The largest absolute Gasteiger partial charge is 0.467 e. The van der Waals surface area contributed by atoms with Gasteiger partial charge in [-0.1, -0.05) is 15.9 Å². The number of hydrogen-bond acceptors (Lipinski definition) is 3. The van der Waals surface area contributed by atoms with Gasteiger partial charge in [0.15, 0.2) is 6.10 Å². The standard InChI is InChI=1S/C12H15BrO3/c1-7-4-9(13)5-8(2)10(7)6-11(14)12(15)16-3/h4-5,11,14H,6H2,1-3H3. The summed E-state index contributed by atoms with van der Waals surface area (Å²) in [4.78, 5) is 11.1. The third-order valence-electron chi connectivity index (χ3n) is 2.53. The average Bonchev–Trinajstić information content (AvgIpc) is 2.21. The van der Waals surface area contributed by atoms with Crippen LogP contribution in [0, 0.1) is 13.8 Å². The van der Waals surface area contributed by atoms with Crippen molar-refractivity contribution < 1.29 is 14.6 Å². The number of rotatable bonds is 3. The Balaban J connectivity index is 2.93. The number of halogens is 1. The summed E-state index contributed by atoms with van der Waals surface area (Å²) in [6.45, 7) is 3.91. The first kappa shape index (κ1) is 13.2. The molecule has 0 bridgehead atoms.